The Morgan fingerprint density at radius 3 is 2.89 bits per heavy atom. The summed E-state index contributed by atoms with van der Waals surface area (Å²) in [5.41, 5.74) is 1.65. The molecule has 0 aromatic heterocycles. The molecule has 0 unspecified atom stereocenters. The maximum absolute atomic E-state index is 11.8. The molecule has 0 spiro atoms. The van der Waals surface area contributed by atoms with E-state index in [0.29, 0.717) is 5.02 Å². The first-order valence-corrected chi connectivity index (χ1v) is 6.59. The number of carbonyl (C=O) groups excluding carboxylic acids is 1. The summed E-state index contributed by atoms with van der Waals surface area (Å²) in [5, 5.41) is 15.3. The molecule has 2 amide bonds. The zero-order valence-corrected chi connectivity index (χ0v) is 11.4. The SMILES string of the molecule is Cc1cc(Cl)ccc1NC(=O)N[C@@H]1C=C[C@H](CO)C1. The van der Waals surface area contributed by atoms with Crippen molar-refractivity contribution in [1.82, 2.24) is 5.32 Å². The van der Waals surface area contributed by atoms with Crippen LogP contribution >= 0.6 is 11.6 Å². The van der Waals surface area contributed by atoms with Crippen LogP contribution in [0.2, 0.25) is 5.02 Å². The largest absolute Gasteiger partial charge is 0.396 e. The minimum Gasteiger partial charge on any atom is -0.396 e. The third kappa shape index (κ3) is 3.72. The first kappa shape index (κ1) is 13.9. The van der Waals surface area contributed by atoms with E-state index in [9.17, 15) is 4.79 Å². The molecule has 0 fully saturated rings. The van der Waals surface area contributed by atoms with E-state index in [1.165, 1.54) is 0 Å². The predicted molar refractivity (Wildman–Crippen MR) is 76.5 cm³/mol. The fraction of sp³-hybridized carbons (Fsp3) is 0.357. The lowest BCUT2D eigenvalue weighted by atomic mass is 10.1. The number of hydrogen-bond donors (Lipinski definition) is 3. The molecule has 2 atom stereocenters. The molecular formula is C14H17ClN2O2. The number of aliphatic hydroxyl groups excluding tert-OH is 1. The van der Waals surface area contributed by atoms with E-state index in [0.717, 1.165) is 17.7 Å². The number of anilines is 1. The Kier molecular flexibility index (Phi) is 4.45. The summed E-state index contributed by atoms with van der Waals surface area (Å²) in [6.45, 7) is 2.01. The average molecular weight is 281 g/mol. The molecule has 3 N–H and O–H groups in total. The van der Waals surface area contributed by atoms with Gasteiger partial charge in [-0.2, -0.15) is 0 Å². The van der Waals surface area contributed by atoms with E-state index < -0.39 is 0 Å². The van der Waals surface area contributed by atoms with E-state index in [2.05, 4.69) is 10.6 Å². The van der Waals surface area contributed by atoms with Crippen LogP contribution in [-0.2, 0) is 0 Å². The molecule has 1 aromatic carbocycles. The van der Waals surface area contributed by atoms with Crippen LogP contribution in [0.1, 0.15) is 12.0 Å². The minimum absolute atomic E-state index is 0.0234. The Morgan fingerprint density at radius 2 is 2.26 bits per heavy atom. The molecule has 0 aliphatic heterocycles. The van der Waals surface area contributed by atoms with Crippen molar-refractivity contribution in [2.45, 2.75) is 19.4 Å². The molecule has 0 bridgehead atoms. The van der Waals surface area contributed by atoms with Crippen molar-refractivity contribution in [3.05, 3.63) is 40.9 Å². The first-order valence-electron chi connectivity index (χ1n) is 6.21. The highest BCUT2D eigenvalue weighted by atomic mass is 35.5. The normalized spacial score (nSPS) is 21.4. The van der Waals surface area contributed by atoms with Crippen LogP contribution in [0.3, 0.4) is 0 Å². The van der Waals surface area contributed by atoms with Crippen molar-refractivity contribution < 1.29 is 9.90 Å². The zero-order valence-electron chi connectivity index (χ0n) is 10.7. The third-order valence-corrected chi connectivity index (χ3v) is 3.40. The van der Waals surface area contributed by atoms with Gasteiger partial charge in [-0.25, -0.2) is 4.79 Å². The lowest BCUT2D eigenvalue weighted by molar-refractivity contribution is 0.238. The lowest BCUT2D eigenvalue weighted by Gasteiger charge is -2.14. The molecule has 1 aliphatic carbocycles. The van der Waals surface area contributed by atoms with Crippen LogP contribution in [0, 0.1) is 12.8 Å². The average Bonchev–Trinajstić information content (AvgIpc) is 2.80. The summed E-state index contributed by atoms with van der Waals surface area (Å²) in [4.78, 5) is 11.8. The number of hydrogen-bond acceptors (Lipinski definition) is 2. The van der Waals surface area contributed by atoms with Gasteiger partial charge in [-0.3, -0.25) is 0 Å². The molecule has 5 heteroatoms. The summed E-state index contributed by atoms with van der Waals surface area (Å²) < 4.78 is 0. The van der Waals surface area contributed by atoms with Gasteiger partial charge in [0.25, 0.3) is 0 Å². The molecule has 4 nitrogen and oxygen atoms in total. The topological polar surface area (TPSA) is 61.4 Å². The Labute approximate surface area is 117 Å². The number of nitrogens with one attached hydrogen (secondary N) is 2. The highest BCUT2D eigenvalue weighted by Crippen LogP contribution is 2.20. The number of benzene rings is 1. The van der Waals surface area contributed by atoms with Gasteiger partial charge in [0, 0.05) is 29.3 Å². The third-order valence-electron chi connectivity index (χ3n) is 3.16. The Morgan fingerprint density at radius 1 is 1.47 bits per heavy atom. The van der Waals surface area contributed by atoms with Crippen molar-refractivity contribution in [3.8, 4) is 0 Å². The molecule has 1 aromatic rings. The Hall–Kier alpha value is -1.52. The van der Waals surface area contributed by atoms with Gasteiger partial charge in [-0.15, -0.1) is 0 Å². The van der Waals surface area contributed by atoms with Crippen molar-refractivity contribution in [2.75, 3.05) is 11.9 Å². The van der Waals surface area contributed by atoms with Gasteiger partial charge in [0.15, 0.2) is 0 Å². The van der Waals surface area contributed by atoms with Gasteiger partial charge in [-0.05, 0) is 37.1 Å². The molecule has 0 saturated heterocycles. The van der Waals surface area contributed by atoms with E-state index in [4.69, 9.17) is 16.7 Å². The second kappa shape index (κ2) is 6.08. The molecular weight excluding hydrogens is 264 g/mol. The molecule has 0 radical (unpaired) electrons. The standard InChI is InChI=1S/C14H17ClN2O2/c1-9-6-11(15)3-5-13(9)17-14(19)16-12-4-2-10(7-12)8-18/h2-6,10,12,18H,7-8H2,1H3,(H2,16,17,19)/t10-,12+/m0/s1. The van der Waals surface area contributed by atoms with E-state index in [1.807, 2.05) is 19.1 Å². The summed E-state index contributed by atoms with van der Waals surface area (Å²) in [7, 11) is 0. The molecule has 102 valence electrons. The smallest absolute Gasteiger partial charge is 0.319 e. The van der Waals surface area contributed by atoms with Crippen molar-refractivity contribution in [1.29, 1.82) is 0 Å². The van der Waals surface area contributed by atoms with Crippen LogP contribution in [0.25, 0.3) is 0 Å². The van der Waals surface area contributed by atoms with Crippen LogP contribution < -0.4 is 10.6 Å². The monoisotopic (exact) mass is 280 g/mol. The molecule has 2 rings (SSSR count). The van der Waals surface area contributed by atoms with Gasteiger partial charge in [0.1, 0.15) is 0 Å². The maximum Gasteiger partial charge on any atom is 0.319 e. The molecule has 0 heterocycles. The quantitative estimate of drug-likeness (QED) is 0.746. The van der Waals surface area contributed by atoms with Crippen LogP contribution in [-0.4, -0.2) is 23.8 Å². The van der Waals surface area contributed by atoms with Gasteiger partial charge >= 0.3 is 6.03 Å². The molecule has 0 saturated carbocycles. The van der Waals surface area contributed by atoms with Gasteiger partial charge in [0.2, 0.25) is 0 Å². The fourth-order valence-electron chi connectivity index (χ4n) is 2.11. The number of amides is 2. The van der Waals surface area contributed by atoms with Crippen molar-refractivity contribution in [3.63, 3.8) is 0 Å². The fourth-order valence-corrected chi connectivity index (χ4v) is 2.34. The highest BCUT2D eigenvalue weighted by molar-refractivity contribution is 6.30. The number of aliphatic hydroxyl groups is 1. The summed E-state index contributed by atoms with van der Waals surface area (Å²) >= 11 is 5.86. The van der Waals surface area contributed by atoms with Gasteiger partial charge in [0.05, 0.1) is 0 Å². The van der Waals surface area contributed by atoms with Gasteiger partial charge < -0.3 is 15.7 Å². The number of carbonyl (C=O) groups is 1. The zero-order chi connectivity index (χ0) is 13.8. The van der Waals surface area contributed by atoms with Crippen molar-refractivity contribution in [2.24, 2.45) is 5.92 Å². The van der Waals surface area contributed by atoms with Crippen LogP contribution in [0.4, 0.5) is 10.5 Å². The van der Waals surface area contributed by atoms with Gasteiger partial charge in [-0.1, -0.05) is 23.8 Å². The number of halogens is 1. The molecule has 1 aliphatic rings. The summed E-state index contributed by atoms with van der Waals surface area (Å²) in [6, 6.07) is 5.04. The first-order chi connectivity index (χ1) is 9.08. The predicted octanol–water partition coefficient (Wildman–Crippen LogP) is 2.71. The van der Waals surface area contributed by atoms with E-state index in [1.54, 1.807) is 18.2 Å². The number of aryl methyl sites for hydroxylation is 1. The van der Waals surface area contributed by atoms with E-state index in [-0.39, 0.29) is 24.6 Å². The highest BCUT2D eigenvalue weighted by Gasteiger charge is 2.19. The summed E-state index contributed by atoms with van der Waals surface area (Å²) in [5.74, 6) is 0.141. The second-order valence-corrected chi connectivity index (χ2v) is 5.16. The Bertz CT molecular complexity index is 502. The van der Waals surface area contributed by atoms with Crippen LogP contribution in [0.5, 0.6) is 0 Å². The lowest BCUT2D eigenvalue weighted by Crippen LogP contribution is -2.36. The Balaban J connectivity index is 1.90. The summed E-state index contributed by atoms with van der Waals surface area (Å²) in [6.07, 6.45) is 4.58. The number of rotatable bonds is 3. The number of urea groups is 1. The maximum atomic E-state index is 11.8. The minimum atomic E-state index is -0.251. The van der Waals surface area contributed by atoms with Crippen LogP contribution in [0.15, 0.2) is 30.4 Å². The molecule has 19 heavy (non-hydrogen) atoms. The second-order valence-electron chi connectivity index (χ2n) is 4.73. The van der Waals surface area contributed by atoms with Crippen molar-refractivity contribution >= 4 is 23.3 Å². The van der Waals surface area contributed by atoms with E-state index >= 15 is 0 Å².